The molecule has 0 aliphatic carbocycles. The zero-order valence-electron chi connectivity index (χ0n) is 14.6. The second-order valence-electron chi connectivity index (χ2n) is 6.32. The lowest BCUT2D eigenvalue weighted by atomic mass is 9.99. The minimum atomic E-state index is -0.248. The van der Waals surface area contributed by atoms with Gasteiger partial charge < -0.3 is 20.0 Å². The number of carbonyl (C=O) groups excluding carboxylic acids is 2. The first-order chi connectivity index (χ1) is 13.2. The molecule has 0 saturated heterocycles. The molecule has 4 rings (SSSR count). The summed E-state index contributed by atoms with van der Waals surface area (Å²) < 4.78 is 5.21. The Labute approximate surface area is 160 Å². The fraction of sp³-hybridized carbons (Fsp3) is 0.200. The first-order valence-corrected chi connectivity index (χ1v) is 9.59. The van der Waals surface area contributed by atoms with Crippen LogP contribution in [-0.4, -0.2) is 23.4 Å². The van der Waals surface area contributed by atoms with E-state index in [0.717, 1.165) is 16.9 Å². The molecule has 2 N–H and O–H groups in total. The fourth-order valence-electron chi connectivity index (χ4n) is 3.12. The first kappa shape index (κ1) is 17.4. The van der Waals surface area contributed by atoms with Crippen molar-refractivity contribution in [2.75, 3.05) is 11.9 Å². The molecule has 6 nitrogen and oxygen atoms in total. The molecule has 7 heteroatoms. The average molecular weight is 381 g/mol. The van der Waals surface area contributed by atoms with Crippen molar-refractivity contribution in [3.05, 3.63) is 75.9 Å². The van der Waals surface area contributed by atoms with Crippen LogP contribution >= 0.6 is 11.3 Å². The van der Waals surface area contributed by atoms with Gasteiger partial charge in [0.2, 0.25) is 0 Å². The Bertz CT molecular complexity index is 936. The van der Waals surface area contributed by atoms with Crippen molar-refractivity contribution in [1.29, 1.82) is 0 Å². The highest BCUT2D eigenvalue weighted by Gasteiger charge is 2.23. The molecule has 3 heterocycles. The Morgan fingerprint density at radius 3 is 2.85 bits per heavy atom. The van der Waals surface area contributed by atoms with Crippen molar-refractivity contribution in [3.8, 4) is 0 Å². The molecule has 2 aromatic heterocycles. The predicted octanol–water partition coefficient (Wildman–Crippen LogP) is 3.86. The summed E-state index contributed by atoms with van der Waals surface area (Å²) in [6.45, 7) is 1.65. The molecule has 0 saturated carbocycles. The number of hydrogen-bond donors (Lipinski definition) is 2. The van der Waals surface area contributed by atoms with Gasteiger partial charge in [0, 0.05) is 23.7 Å². The number of rotatable bonds is 4. The number of fused-ring (bicyclic) bond motifs is 1. The SMILES string of the molecule is O=C(NCc1cccs1)Nc1ccc2c(c1)CN(C(=O)c1ccco1)CC2. The van der Waals surface area contributed by atoms with Gasteiger partial charge in [0.25, 0.3) is 5.91 Å². The molecule has 0 fully saturated rings. The Kier molecular flexibility index (Phi) is 4.93. The number of benzene rings is 1. The van der Waals surface area contributed by atoms with Crippen molar-refractivity contribution in [2.24, 2.45) is 0 Å². The molecular formula is C20H19N3O3S. The van der Waals surface area contributed by atoms with Gasteiger partial charge in [0.05, 0.1) is 12.8 Å². The number of nitrogens with zero attached hydrogens (tertiary/aromatic N) is 1. The highest BCUT2D eigenvalue weighted by Crippen LogP contribution is 2.24. The molecule has 0 spiro atoms. The van der Waals surface area contributed by atoms with Crippen LogP contribution in [0.15, 0.2) is 58.5 Å². The summed E-state index contributed by atoms with van der Waals surface area (Å²) in [5, 5.41) is 7.68. The van der Waals surface area contributed by atoms with Crippen molar-refractivity contribution < 1.29 is 14.0 Å². The fourth-order valence-corrected chi connectivity index (χ4v) is 3.76. The predicted molar refractivity (Wildman–Crippen MR) is 104 cm³/mol. The van der Waals surface area contributed by atoms with E-state index in [0.29, 0.717) is 31.1 Å². The Morgan fingerprint density at radius 1 is 1.15 bits per heavy atom. The van der Waals surface area contributed by atoms with E-state index in [1.165, 1.54) is 11.8 Å². The number of hydrogen-bond acceptors (Lipinski definition) is 4. The third-order valence-corrected chi connectivity index (χ3v) is 5.38. The smallest absolute Gasteiger partial charge is 0.319 e. The van der Waals surface area contributed by atoms with Crippen LogP contribution in [-0.2, 0) is 19.5 Å². The molecule has 138 valence electrons. The molecule has 0 atom stereocenters. The van der Waals surface area contributed by atoms with Gasteiger partial charge in [-0.05, 0) is 53.3 Å². The molecule has 0 radical (unpaired) electrons. The van der Waals surface area contributed by atoms with Crippen LogP contribution < -0.4 is 10.6 Å². The van der Waals surface area contributed by atoms with E-state index in [1.807, 2.05) is 35.7 Å². The minimum absolute atomic E-state index is 0.113. The first-order valence-electron chi connectivity index (χ1n) is 8.71. The largest absolute Gasteiger partial charge is 0.459 e. The van der Waals surface area contributed by atoms with Crippen LogP contribution in [0.4, 0.5) is 10.5 Å². The van der Waals surface area contributed by atoms with Crippen LogP contribution in [0.5, 0.6) is 0 Å². The van der Waals surface area contributed by atoms with Gasteiger partial charge in [-0.15, -0.1) is 11.3 Å². The van der Waals surface area contributed by atoms with Crippen molar-refractivity contribution in [1.82, 2.24) is 10.2 Å². The summed E-state index contributed by atoms with van der Waals surface area (Å²) in [5.41, 5.74) is 2.95. The molecule has 0 bridgehead atoms. The van der Waals surface area contributed by atoms with Gasteiger partial charge in [-0.25, -0.2) is 4.79 Å². The molecular weight excluding hydrogens is 362 g/mol. The van der Waals surface area contributed by atoms with Gasteiger partial charge in [-0.2, -0.15) is 0 Å². The van der Waals surface area contributed by atoms with Crippen molar-refractivity contribution in [2.45, 2.75) is 19.5 Å². The lowest BCUT2D eigenvalue weighted by Crippen LogP contribution is -2.36. The Hall–Kier alpha value is -3.06. The molecule has 1 aliphatic rings. The van der Waals surface area contributed by atoms with E-state index in [4.69, 9.17) is 4.42 Å². The highest BCUT2D eigenvalue weighted by molar-refractivity contribution is 7.09. The van der Waals surface area contributed by atoms with E-state index in [9.17, 15) is 9.59 Å². The lowest BCUT2D eigenvalue weighted by molar-refractivity contribution is 0.0702. The average Bonchev–Trinajstić information content (AvgIpc) is 3.39. The van der Waals surface area contributed by atoms with Gasteiger partial charge in [-0.1, -0.05) is 12.1 Å². The lowest BCUT2D eigenvalue weighted by Gasteiger charge is -2.28. The second-order valence-corrected chi connectivity index (χ2v) is 7.36. The second kappa shape index (κ2) is 7.67. The van der Waals surface area contributed by atoms with E-state index in [2.05, 4.69) is 10.6 Å². The van der Waals surface area contributed by atoms with Crippen LogP contribution in [0, 0.1) is 0 Å². The monoisotopic (exact) mass is 381 g/mol. The van der Waals surface area contributed by atoms with E-state index >= 15 is 0 Å². The van der Waals surface area contributed by atoms with Crippen molar-refractivity contribution >= 4 is 29.0 Å². The highest BCUT2D eigenvalue weighted by atomic mass is 32.1. The topological polar surface area (TPSA) is 74.6 Å². The number of furan rings is 1. The third-order valence-electron chi connectivity index (χ3n) is 4.50. The number of amides is 3. The zero-order valence-corrected chi connectivity index (χ0v) is 15.4. The maximum atomic E-state index is 12.5. The summed E-state index contributed by atoms with van der Waals surface area (Å²) in [6, 6.07) is 12.9. The Morgan fingerprint density at radius 2 is 2.07 bits per heavy atom. The van der Waals surface area contributed by atoms with Crippen molar-refractivity contribution in [3.63, 3.8) is 0 Å². The summed E-state index contributed by atoms with van der Waals surface area (Å²) >= 11 is 1.60. The van der Waals surface area contributed by atoms with Crippen LogP contribution in [0.1, 0.15) is 26.6 Å². The normalized spacial score (nSPS) is 13.1. The number of carbonyl (C=O) groups is 2. The summed E-state index contributed by atoms with van der Waals surface area (Å²) in [6.07, 6.45) is 2.29. The van der Waals surface area contributed by atoms with E-state index < -0.39 is 0 Å². The number of thiophene rings is 1. The van der Waals surface area contributed by atoms with Crippen LogP contribution in [0.3, 0.4) is 0 Å². The summed E-state index contributed by atoms with van der Waals surface area (Å²) in [5.74, 6) is 0.235. The standard InChI is InChI=1S/C20H19N3O3S/c24-19(18-4-1-9-26-18)23-8-7-14-5-6-16(11-15(14)13-23)22-20(25)21-12-17-3-2-10-27-17/h1-6,9-11H,7-8,12-13H2,(H2,21,22,25). The zero-order chi connectivity index (χ0) is 18.6. The third kappa shape index (κ3) is 4.03. The van der Waals surface area contributed by atoms with Gasteiger partial charge in [0.1, 0.15) is 0 Å². The maximum absolute atomic E-state index is 12.5. The van der Waals surface area contributed by atoms with E-state index in [-0.39, 0.29) is 11.9 Å². The number of nitrogens with one attached hydrogen (secondary N) is 2. The molecule has 1 aliphatic heterocycles. The molecule has 27 heavy (non-hydrogen) atoms. The molecule has 3 amide bonds. The molecule has 1 aromatic carbocycles. The summed E-state index contributed by atoms with van der Waals surface area (Å²) in [7, 11) is 0. The molecule has 3 aromatic rings. The van der Waals surface area contributed by atoms with E-state index in [1.54, 1.807) is 28.4 Å². The number of urea groups is 1. The maximum Gasteiger partial charge on any atom is 0.319 e. The van der Waals surface area contributed by atoms with Crippen LogP contribution in [0.2, 0.25) is 0 Å². The number of anilines is 1. The minimum Gasteiger partial charge on any atom is -0.459 e. The van der Waals surface area contributed by atoms with Gasteiger partial charge in [-0.3, -0.25) is 4.79 Å². The Balaban J connectivity index is 1.40. The van der Waals surface area contributed by atoms with Crippen LogP contribution in [0.25, 0.3) is 0 Å². The van der Waals surface area contributed by atoms with Gasteiger partial charge in [0.15, 0.2) is 5.76 Å². The van der Waals surface area contributed by atoms with Gasteiger partial charge >= 0.3 is 6.03 Å². The summed E-state index contributed by atoms with van der Waals surface area (Å²) in [4.78, 5) is 27.5. The quantitative estimate of drug-likeness (QED) is 0.721. The molecule has 0 unspecified atom stereocenters.